The Hall–Kier alpha value is -0.890. The molecular formula is C20H23Br3N4. The number of halogens is 3. The fourth-order valence-corrected chi connectivity index (χ4v) is 4.74. The van der Waals surface area contributed by atoms with Gasteiger partial charge in [0, 0.05) is 22.0 Å². The molecule has 3 rings (SSSR count). The van der Waals surface area contributed by atoms with Gasteiger partial charge in [0.25, 0.3) is 0 Å². The molecule has 0 fully saturated rings. The smallest absolute Gasteiger partial charge is 0.204 e. The van der Waals surface area contributed by atoms with Crippen LogP contribution in [0.25, 0.3) is 11.0 Å². The summed E-state index contributed by atoms with van der Waals surface area (Å²) in [4.78, 5) is 13.0. The minimum Gasteiger partial charge on any atom is -0.338 e. The van der Waals surface area contributed by atoms with Crippen LogP contribution in [0.5, 0.6) is 0 Å². The number of imidazole rings is 1. The van der Waals surface area contributed by atoms with Crippen molar-refractivity contribution in [2.75, 3.05) is 32.1 Å². The normalized spacial score (nSPS) is 11.5. The largest absolute Gasteiger partial charge is 0.338 e. The molecule has 0 saturated carbocycles. The zero-order valence-corrected chi connectivity index (χ0v) is 20.4. The number of fused-ring (bicyclic) bond motifs is 1. The minimum atomic E-state index is 0.823. The number of benzene rings is 2. The first-order valence-corrected chi connectivity index (χ1v) is 11.2. The van der Waals surface area contributed by atoms with Gasteiger partial charge in [-0.25, -0.2) is 4.98 Å². The number of aromatic amines is 1. The highest BCUT2D eigenvalue weighted by Crippen LogP contribution is 2.40. The predicted molar refractivity (Wildman–Crippen MR) is 125 cm³/mol. The van der Waals surface area contributed by atoms with Crippen molar-refractivity contribution >= 4 is 64.8 Å². The topological polar surface area (TPSA) is 35.2 Å². The van der Waals surface area contributed by atoms with Gasteiger partial charge < -0.3 is 14.8 Å². The summed E-state index contributed by atoms with van der Waals surface area (Å²) in [5.41, 5.74) is 4.37. The lowest BCUT2D eigenvalue weighted by molar-refractivity contribution is 0.399. The van der Waals surface area contributed by atoms with Gasteiger partial charge in [0.1, 0.15) is 5.52 Å². The van der Waals surface area contributed by atoms with Crippen LogP contribution in [-0.2, 0) is 6.54 Å². The standard InChI is InChI=1S/C20H23Br3N4/c1-13-15(21)17(23)19-18(16(13)22)24-20(25-19)27(11-7-10-26(2)3)12-14-8-5-4-6-9-14/h4-6,8-9H,7,10-12H2,1-3H3,(H,24,25). The number of nitrogens with zero attached hydrogens (tertiary/aromatic N) is 3. The number of nitrogens with one attached hydrogen (secondary N) is 1. The molecule has 1 heterocycles. The summed E-state index contributed by atoms with van der Waals surface area (Å²) >= 11 is 11.1. The van der Waals surface area contributed by atoms with E-state index in [9.17, 15) is 0 Å². The average Bonchev–Trinajstić information content (AvgIpc) is 3.10. The van der Waals surface area contributed by atoms with E-state index in [-0.39, 0.29) is 0 Å². The highest BCUT2D eigenvalue weighted by molar-refractivity contribution is 9.13. The number of rotatable bonds is 7. The van der Waals surface area contributed by atoms with Gasteiger partial charge in [0.15, 0.2) is 0 Å². The molecule has 0 atom stereocenters. The second-order valence-corrected chi connectivity index (χ2v) is 9.29. The molecule has 0 saturated heterocycles. The predicted octanol–water partition coefficient (Wildman–Crippen LogP) is 6.12. The van der Waals surface area contributed by atoms with Crippen LogP contribution < -0.4 is 4.90 Å². The molecule has 0 spiro atoms. The maximum Gasteiger partial charge on any atom is 0.204 e. The van der Waals surface area contributed by atoms with E-state index < -0.39 is 0 Å². The molecule has 7 heteroatoms. The summed E-state index contributed by atoms with van der Waals surface area (Å²) < 4.78 is 3.05. The van der Waals surface area contributed by atoms with Gasteiger partial charge in [-0.05, 0) is 92.9 Å². The Kier molecular flexibility index (Phi) is 7.00. The first kappa shape index (κ1) is 20.8. The lowest BCUT2D eigenvalue weighted by Crippen LogP contribution is -2.27. The van der Waals surface area contributed by atoms with Crippen LogP contribution in [0.3, 0.4) is 0 Å². The Morgan fingerprint density at radius 1 is 0.963 bits per heavy atom. The first-order chi connectivity index (χ1) is 12.9. The summed E-state index contributed by atoms with van der Waals surface area (Å²) in [6.07, 6.45) is 1.07. The maximum absolute atomic E-state index is 4.92. The molecule has 1 N–H and O–H groups in total. The molecule has 0 amide bonds. The van der Waals surface area contributed by atoms with Crippen LogP contribution in [0.15, 0.2) is 43.7 Å². The fourth-order valence-electron chi connectivity index (χ4n) is 3.02. The van der Waals surface area contributed by atoms with Gasteiger partial charge in [-0.3, -0.25) is 0 Å². The quantitative estimate of drug-likeness (QED) is 0.355. The molecule has 1 aromatic heterocycles. The minimum absolute atomic E-state index is 0.823. The van der Waals surface area contributed by atoms with E-state index in [2.05, 4.69) is 114 Å². The van der Waals surface area contributed by atoms with E-state index in [1.54, 1.807) is 0 Å². The Balaban J connectivity index is 1.97. The third-order valence-corrected chi connectivity index (χ3v) is 7.81. The number of hydrogen-bond donors (Lipinski definition) is 1. The zero-order valence-electron chi connectivity index (χ0n) is 15.7. The zero-order chi connectivity index (χ0) is 19.6. The highest BCUT2D eigenvalue weighted by Gasteiger charge is 2.19. The van der Waals surface area contributed by atoms with Gasteiger partial charge >= 0.3 is 0 Å². The van der Waals surface area contributed by atoms with Crippen LogP contribution in [0.4, 0.5) is 5.95 Å². The first-order valence-electron chi connectivity index (χ1n) is 8.85. The highest BCUT2D eigenvalue weighted by atomic mass is 79.9. The van der Waals surface area contributed by atoms with Crippen molar-refractivity contribution in [3.8, 4) is 0 Å². The third-order valence-electron chi connectivity index (χ3n) is 4.52. The van der Waals surface area contributed by atoms with Gasteiger partial charge in [0.05, 0.1) is 9.99 Å². The van der Waals surface area contributed by atoms with Crippen molar-refractivity contribution < 1.29 is 0 Å². The monoisotopic (exact) mass is 556 g/mol. The molecule has 27 heavy (non-hydrogen) atoms. The molecule has 0 aliphatic carbocycles. The van der Waals surface area contributed by atoms with E-state index in [0.717, 1.165) is 62.0 Å². The van der Waals surface area contributed by atoms with E-state index in [0.29, 0.717) is 0 Å². The van der Waals surface area contributed by atoms with Gasteiger partial charge in [-0.15, -0.1) is 0 Å². The molecule has 0 aliphatic heterocycles. The second-order valence-electron chi connectivity index (χ2n) is 6.91. The van der Waals surface area contributed by atoms with Crippen molar-refractivity contribution in [3.05, 3.63) is 54.9 Å². The Morgan fingerprint density at radius 3 is 2.33 bits per heavy atom. The molecule has 4 nitrogen and oxygen atoms in total. The Bertz CT molecular complexity index is 877. The molecule has 0 aliphatic rings. The van der Waals surface area contributed by atoms with Crippen molar-refractivity contribution in [2.24, 2.45) is 0 Å². The lowest BCUT2D eigenvalue weighted by atomic mass is 10.2. The molecule has 0 bridgehead atoms. The molecule has 144 valence electrons. The molecule has 0 radical (unpaired) electrons. The van der Waals surface area contributed by atoms with Crippen LogP contribution in [-0.4, -0.2) is 42.1 Å². The average molecular weight is 559 g/mol. The van der Waals surface area contributed by atoms with E-state index in [1.165, 1.54) is 5.56 Å². The number of anilines is 1. The van der Waals surface area contributed by atoms with E-state index in [1.807, 2.05) is 0 Å². The molecule has 2 aromatic carbocycles. The second kappa shape index (κ2) is 9.07. The van der Waals surface area contributed by atoms with Gasteiger partial charge in [0.2, 0.25) is 5.95 Å². The third kappa shape index (κ3) is 4.75. The Morgan fingerprint density at radius 2 is 1.67 bits per heavy atom. The molecule has 3 aromatic rings. The maximum atomic E-state index is 4.92. The van der Waals surface area contributed by atoms with Crippen LogP contribution >= 0.6 is 47.8 Å². The number of H-pyrrole nitrogens is 1. The van der Waals surface area contributed by atoms with E-state index >= 15 is 0 Å². The van der Waals surface area contributed by atoms with Gasteiger partial charge in [-0.1, -0.05) is 30.3 Å². The fraction of sp³-hybridized carbons (Fsp3) is 0.350. The van der Waals surface area contributed by atoms with Crippen LogP contribution in [0, 0.1) is 6.92 Å². The molecular weight excluding hydrogens is 536 g/mol. The lowest BCUT2D eigenvalue weighted by Gasteiger charge is -2.23. The van der Waals surface area contributed by atoms with Gasteiger partial charge in [-0.2, -0.15) is 0 Å². The van der Waals surface area contributed by atoms with Crippen molar-refractivity contribution in [1.29, 1.82) is 0 Å². The summed E-state index contributed by atoms with van der Waals surface area (Å²) in [7, 11) is 4.22. The number of hydrogen-bond acceptors (Lipinski definition) is 3. The molecule has 0 unspecified atom stereocenters. The van der Waals surface area contributed by atoms with Crippen molar-refractivity contribution in [2.45, 2.75) is 19.9 Å². The summed E-state index contributed by atoms with van der Waals surface area (Å²) in [6.45, 7) is 4.88. The van der Waals surface area contributed by atoms with E-state index in [4.69, 9.17) is 4.98 Å². The number of aromatic nitrogens is 2. The summed E-state index contributed by atoms with van der Waals surface area (Å²) in [6, 6.07) is 10.5. The van der Waals surface area contributed by atoms with Crippen molar-refractivity contribution in [3.63, 3.8) is 0 Å². The van der Waals surface area contributed by atoms with Crippen molar-refractivity contribution in [1.82, 2.24) is 14.9 Å². The SMILES string of the molecule is Cc1c(Br)c(Br)c2nc(N(CCCN(C)C)Cc3ccccc3)[nH]c2c1Br. The van der Waals surface area contributed by atoms with Crippen LogP contribution in [0.1, 0.15) is 17.5 Å². The Labute approximate surface area is 185 Å². The van der Waals surface area contributed by atoms with Crippen LogP contribution in [0.2, 0.25) is 0 Å². The summed E-state index contributed by atoms with van der Waals surface area (Å²) in [5.74, 6) is 0.895. The summed E-state index contributed by atoms with van der Waals surface area (Å²) in [5, 5.41) is 0.